The van der Waals surface area contributed by atoms with Gasteiger partial charge in [0.1, 0.15) is 18.4 Å². The van der Waals surface area contributed by atoms with Crippen molar-refractivity contribution in [1.29, 1.82) is 0 Å². The van der Waals surface area contributed by atoms with E-state index in [4.69, 9.17) is 4.74 Å². The summed E-state index contributed by atoms with van der Waals surface area (Å²) in [6, 6.07) is 0. The molecule has 0 atom stereocenters. The minimum atomic E-state index is -0.558. The summed E-state index contributed by atoms with van der Waals surface area (Å²) in [7, 11) is 0. The average Bonchev–Trinajstić information content (AvgIpc) is 2.22. The zero-order valence-corrected chi connectivity index (χ0v) is 15.3. The molecule has 0 aliphatic rings. The largest absolute Gasteiger partial charge is 1.00 e. The van der Waals surface area contributed by atoms with Gasteiger partial charge in [-0.25, -0.2) is 0 Å². The van der Waals surface area contributed by atoms with E-state index in [2.05, 4.69) is 10.3 Å². The molecule has 0 amide bonds. The van der Waals surface area contributed by atoms with Gasteiger partial charge >= 0.3 is 63.3 Å². The summed E-state index contributed by atoms with van der Waals surface area (Å²) >= 11 is 0. The van der Waals surface area contributed by atoms with Crippen LogP contribution in [-0.2, 0) is 24.0 Å². The average molecular weight is 299 g/mol. The van der Waals surface area contributed by atoms with Crippen LogP contribution in [0.25, 0.3) is 0 Å². The predicted molar refractivity (Wildman–Crippen MR) is 65.6 cm³/mol. The molecule has 0 saturated carbocycles. The third kappa shape index (κ3) is 16.2. The van der Waals surface area contributed by atoms with Crippen LogP contribution in [0, 0.1) is 0 Å². The fraction of sp³-hybridized carbons (Fsp3) is 0.750. The Morgan fingerprint density at radius 1 is 1.21 bits per heavy atom. The molecule has 7 heteroatoms. The van der Waals surface area contributed by atoms with Gasteiger partial charge in [-0.2, -0.15) is 0 Å². The molecule has 19 heavy (non-hydrogen) atoms. The minimum Gasteiger partial charge on any atom is -1.00 e. The molecule has 0 aliphatic carbocycles. The van der Waals surface area contributed by atoms with Crippen LogP contribution in [0.1, 0.15) is 47.9 Å². The van der Waals surface area contributed by atoms with Gasteiger partial charge in [0.25, 0.3) is 0 Å². The smallest absolute Gasteiger partial charge is 1.00 e. The number of carbonyl (C=O) groups is 3. The molecular formula is C12H22KNO5. The van der Waals surface area contributed by atoms with Crippen LogP contribution in [0.2, 0.25) is 0 Å². The number of ether oxygens (including phenoxy) is 1. The summed E-state index contributed by atoms with van der Waals surface area (Å²) in [6.07, 6.45) is 2.72. The van der Waals surface area contributed by atoms with E-state index < -0.39 is 17.5 Å². The van der Waals surface area contributed by atoms with E-state index in [-0.39, 0.29) is 65.8 Å². The topological polar surface area (TPSA) is 81.7 Å². The van der Waals surface area contributed by atoms with Crippen molar-refractivity contribution in [3.8, 4) is 0 Å². The van der Waals surface area contributed by atoms with Gasteiger partial charge in [-0.1, -0.05) is 0 Å². The van der Waals surface area contributed by atoms with Crippen LogP contribution >= 0.6 is 0 Å². The molecule has 0 fully saturated rings. The van der Waals surface area contributed by atoms with Gasteiger partial charge < -0.3 is 15.8 Å². The Morgan fingerprint density at radius 3 is 2.37 bits per heavy atom. The number of aldehydes is 1. The molecule has 0 saturated heterocycles. The molecule has 6 nitrogen and oxygen atoms in total. The molecule has 0 radical (unpaired) electrons. The van der Waals surface area contributed by atoms with Gasteiger partial charge in [-0.05, 0) is 33.6 Å². The fourth-order valence-electron chi connectivity index (χ4n) is 1.10. The van der Waals surface area contributed by atoms with Crippen molar-refractivity contribution in [3.63, 3.8) is 0 Å². The zero-order chi connectivity index (χ0) is 14.0. The maximum atomic E-state index is 11.2. The molecule has 0 unspecified atom stereocenters. The Morgan fingerprint density at radius 2 is 1.84 bits per heavy atom. The van der Waals surface area contributed by atoms with Crippen molar-refractivity contribution in [2.24, 2.45) is 0 Å². The van der Waals surface area contributed by atoms with Crippen molar-refractivity contribution in [2.45, 2.75) is 52.1 Å². The molecule has 0 aliphatic heterocycles. The monoisotopic (exact) mass is 299 g/mol. The van der Waals surface area contributed by atoms with Crippen LogP contribution in [0.3, 0.4) is 0 Å². The Balaban J connectivity index is -0.00000144. The van der Waals surface area contributed by atoms with Crippen molar-refractivity contribution >= 4 is 18.2 Å². The van der Waals surface area contributed by atoms with Gasteiger partial charge in [-0.3, -0.25) is 9.59 Å². The van der Waals surface area contributed by atoms with Crippen LogP contribution in [0.4, 0.5) is 0 Å². The van der Waals surface area contributed by atoms with Crippen LogP contribution in [0.5, 0.6) is 0 Å². The second-order valence-electron chi connectivity index (χ2n) is 4.79. The van der Waals surface area contributed by atoms with Crippen LogP contribution < -0.4 is 56.9 Å². The number of carbonyl (C=O) groups excluding carboxylic acids is 3. The first-order valence-electron chi connectivity index (χ1n) is 5.93. The first-order valence-corrected chi connectivity index (χ1v) is 5.93. The number of hydrogen-bond acceptors (Lipinski definition) is 6. The van der Waals surface area contributed by atoms with Crippen molar-refractivity contribution in [3.05, 3.63) is 0 Å². The molecule has 0 aromatic heterocycles. The molecule has 1 N–H and O–H groups in total. The summed E-state index contributed by atoms with van der Waals surface area (Å²) in [5, 5.41) is 0. The first kappa shape index (κ1) is 21.5. The van der Waals surface area contributed by atoms with Crippen LogP contribution in [-0.4, -0.2) is 30.4 Å². The third-order valence-electron chi connectivity index (χ3n) is 1.78. The molecule has 0 rings (SSSR count). The van der Waals surface area contributed by atoms with Crippen molar-refractivity contribution in [1.82, 2.24) is 5.48 Å². The van der Waals surface area contributed by atoms with E-state index in [1.807, 2.05) is 0 Å². The summed E-state index contributed by atoms with van der Waals surface area (Å²) in [6.45, 7) is 5.08. The van der Waals surface area contributed by atoms with Gasteiger partial charge in [0.05, 0.1) is 0 Å². The molecule has 0 aromatic rings. The van der Waals surface area contributed by atoms with E-state index in [0.717, 1.165) is 6.29 Å². The molecule has 0 spiro atoms. The number of hydroxylamine groups is 1. The molecule has 106 valence electrons. The summed E-state index contributed by atoms with van der Waals surface area (Å²) in [5.41, 5.74) is 1.70. The summed E-state index contributed by atoms with van der Waals surface area (Å²) in [4.78, 5) is 37.0. The van der Waals surface area contributed by atoms with Crippen molar-refractivity contribution < 1.29 is 76.8 Å². The quantitative estimate of drug-likeness (QED) is 0.188. The maximum absolute atomic E-state index is 11.2. The van der Waals surface area contributed by atoms with E-state index >= 15 is 0 Å². The Hall–Kier alpha value is 0.206. The van der Waals surface area contributed by atoms with Crippen LogP contribution in [0.15, 0.2) is 0 Å². The first-order chi connectivity index (χ1) is 8.35. The fourth-order valence-corrected chi connectivity index (χ4v) is 1.10. The number of unbranched alkanes of at least 4 members (excludes halogenated alkanes) is 2. The number of nitrogens with one attached hydrogen (secondary N) is 1. The van der Waals surface area contributed by atoms with E-state index in [1.54, 1.807) is 20.8 Å². The second kappa shape index (κ2) is 12.0. The normalized spacial score (nSPS) is 10.3. The molecule has 0 bridgehead atoms. The van der Waals surface area contributed by atoms with Gasteiger partial charge in [-0.15, -0.1) is 5.48 Å². The van der Waals surface area contributed by atoms with Crippen molar-refractivity contribution in [2.75, 3.05) is 6.54 Å². The Kier molecular flexibility index (Phi) is 13.6. The predicted octanol–water partition coefficient (Wildman–Crippen LogP) is -1.75. The SMILES string of the molecule is CC(C)(C)OC(=O)CNOC(=O)CCCCC=O.[H-].[K+]. The molecule has 0 aromatic carbocycles. The summed E-state index contributed by atoms with van der Waals surface area (Å²) < 4.78 is 5.00. The zero-order valence-electron chi connectivity index (χ0n) is 13.2. The third-order valence-corrected chi connectivity index (χ3v) is 1.78. The van der Waals surface area contributed by atoms with E-state index in [0.29, 0.717) is 19.3 Å². The minimum absolute atomic E-state index is 0. The molecule has 0 heterocycles. The van der Waals surface area contributed by atoms with E-state index in [1.165, 1.54) is 0 Å². The Bertz CT molecular complexity index is 294. The molecular weight excluding hydrogens is 277 g/mol. The number of rotatable bonds is 8. The standard InChI is InChI=1S/C12H21NO5.K.H/c1-12(2,3)17-11(16)9-13-18-10(15)7-5-4-6-8-14;;/h8,13H,4-7,9H2,1-3H3;;/q;+1;-1. The van der Waals surface area contributed by atoms with Gasteiger partial charge in [0, 0.05) is 12.8 Å². The number of hydrogen-bond donors (Lipinski definition) is 1. The van der Waals surface area contributed by atoms with Gasteiger partial charge in [0.15, 0.2) is 0 Å². The maximum Gasteiger partial charge on any atom is 1.00 e. The number of esters is 1. The Labute approximate surface area is 157 Å². The second-order valence-corrected chi connectivity index (χ2v) is 4.79. The summed E-state index contributed by atoms with van der Waals surface area (Å²) in [5.74, 6) is -0.944. The van der Waals surface area contributed by atoms with Gasteiger partial charge in [0.2, 0.25) is 0 Å². The van der Waals surface area contributed by atoms with E-state index in [9.17, 15) is 14.4 Å².